The van der Waals surface area contributed by atoms with Crippen molar-refractivity contribution < 1.29 is 13.2 Å². The largest absolute Gasteiger partial charge is 0.494 e. The third kappa shape index (κ3) is 6.03. The molecule has 0 spiro atoms. The fraction of sp³-hybridized carbons (Fsp3) is 0.600. The van der Waals surface area contributed by atoms with Crippen LogP contribution in [0.1, 0.15) is 33.1 Å². The molecule has 0 radical (unpaired) electrons. The molecule has 2 N–H and O–H groups in total. The second-order valence-electron chi connectivity index (χ2n) is 4.91. The standard InChI is InChI=1S/C15H26N2O3S/c1-4-13(5-2)17-21(18,19)15-9-7-14(8-10-15)20-12-6-11-16-3/h7-10,13,16-17H,4-6,11-12H2,1-3H3. The maximum atomic E-state index is 12.2. The maximum absolute atomic E-state index is 12.2. The Kier molecular flexibility index (Phi) is 7.71. The Balaban J connectivity index is 2.64. The smallest absolute Gasteiger partial charge is 0.240 e. The van der Waals surface area contributed by atoms with Gasteiger partial charge in [0.1, 0.15) is 5.75 Å². The van der Waals surface area contributed by atoms with E-state index in [4.69, 9.17) is 4.74 Å². The van der Waals surface area contributed by atoms with Crippen LogP contribution < -0.4 is 14.8 Å². The molecule has 0 saturated heterocycles. The van der Waals surface area contributed by atoms with Crippen molar-refractivity contribution in [3.05, 3.63) is 24.3 Å². The highest BCUT2D eigenvalue weighted by molar-refractivity contribution is 7.89. The summed E-state index contributed by atoms with van der Waals surface area (Å²) in [5.74, 6) is 0.688. The summed E-state index contributed by atoms with van der Waals surface area (Å²) in [5.41, 5.74) is 0. The van der Waals surface area contributed by atoms with Gasteiger partial charge in [-0.05, 0) is 57.1 Å². The van der Waals surface area contributed by atoms with Gasteiger partial charge in [-0.15, -0.1) is 0 Å². The molecule has 120 valence electrons. The molecule has 0 aliphatic carbocycles. The molecule has 0 amide bonds. The molecule has 0 bridgehead atoms. The SMILES string of the molecule is CCC(CC)NS(=O)(=O)c1ccc(OCCCNC)cc1. The van der Waals surface area contributed by atoms with Gasteiger partial charge in [-0.2, -0.15) is 0 Å². The van der Waals surface area contributed by atoms with Gasteiger partial charge in [0, 0.05) is 6.04 Å². The Bertz CT molecular complexity index is 496. The molecule has 6 heteroatoms. The van der Waals surface area contributed by atoms with Crippen LogP contribution in [0.25, 0.3) is 0 Å². The van der Waals surface area contributed by atoms with Crippen molar-refractivity contribution >= 4 is 10.0 Å². The highest BCUT2D eigenvalue weighted by Crippen LogP contribution is 2.17. The van der Waals surface area contributed by atoms with Gasteiger partial charge in [-0.1, -0.05) is 13.8 Å². The van der Waals surface area contributed by atoms with Crippen LogP contribution >= 0.6 is 0 Å². The molecule has 0 unspecified atom stereocenters. The molecular weight excluding hydrogens is 288 g/mol. The van der Waals surface area contributed by atoms with E-state index in [1.807, 2.05) is 20.9 Å². The van der Waals surface area contributed by atoms with Crippen LogP contribution in [0.4, 0.5) is 0 Å². The van der Waals surface area contributed by atoms with E-state index in [-0.39, 0.29) is 10.9 Å². The second-order valence-corrected chi connectivity index (χ2v) is 6.63. The summed E-state index contributed by atoms with van der Waals surface area (Å²) in [5, 5.41) is 3.04. The Morgan fingerprint density at radius 2 is 1.76 bits per heavy atom. The molecule has 0 aliphatic rings. The van der Waals surface area contributed by atoms with Gasteiger partial charge >= 0.3 is 0 Å². The topological polar surface area (TPSA) is 67.4 Å². The molecular formula is C15H26N2O3S. The van der Waals surface area contributed by atoms with E-state index >= 15 is 0 Å². The van der Waals surface area contributed by atoms with Crippen LogP contribution in [0.2, 0.25) is 0 Å². The van der Waals surface area contributed by atoms with Crippen LogP contribution in [0.3, 0.4) is 0 Å². The minimum absolute atomic E-state index is 0.0209. The van der Waals surface area contributed by atoms with E-state index in [0.29, 0.717) is 12.4 Å². The monoisotopic (exact) mass is 314 g/mol. The molecule has 0 heterocycles. The normalized spacial score (nSPS) is 11.8. The van der Waals surface area contributed by atoms with Crippen LogP contribution in [0.15, 0.2) is 29.2 Å². The van der Waals surface area contributed by atoms with Gasteiger partial charge in [-0.25, -0.2) is 13.1 Å². The Morgan fingerprint density at radius 3 is 2.29 bits per heavy atom. The van der Waals surface area contributed by atoms with Gasteiger partial charge < -0.3 is 10.1 Å². The zero-order valence-electron chi connectivity index (χ0n) is 13.1. The Hall–Kier alpha value is -1.11. The first kappa shape index (κ1) is 17.9. The first-order chi connectivity index (χ1) is 10.0. The number of ether oxygens (including phenoxy) is 1. The molecule has 21 heavy (non-hydrogen) atoms. The molecule has 5 nitrogen and oxygen atoms in total. The van der Waals surface area contributed by atoms with Crippen LogP contribution in [0.5, 0.6) is 5.75 Å². The fourth-order valence-electron chi connectivity index (χ4n) is 1.90. The van der Waals surface area contributed by atoms with E-state index < -0.39 is 10.0 Å². The lowest BCUT2D eigenvalue weighted by Crippen LogP contribution is -2.33. The summed E-state index contributed by atoms with van der Waals surface area (Å²) in [7, 11) is -1.55. The third-order valence-electron chi connectivity index (χ3n) is 3.28. The number of sulfonamides is 1. The summed E-state index contributed by atoms with van der Waals surface area (Å²) < 4.78 is 32.7. The Labute approximate surface area is 128 Å². The summed E-state index contributed by atoms with van der Waals surface area (Å²) in [6, 6.07) is 6.53. The zero-order valence-corrected chi connectivity index (χ0v) is 13.9. The van der Waals surface area contributed by atoms with Crippen molar-refractivity contribution in [3.8, 4) is 5.75 Å². The van der Waals surface area contributed by atoms with E-state index in [0.717, 1.165) is 25.8 Å². The second kappa shape index (κ2) is 9.02. The van der Waals surface area contributed by atoms with Crippen LogP contribution in [-0.4, -0.2) is 34.7 Å². The number of rotatable bonds is 10. The van der Waals surface area contributed by atoms with Crippen molar-refractivity contribution in [2.75, 3.05) is 20.2 Å². The summed E-state index contributed by atoms with van der Waals surface area (Å²) in [6.07, 6.45) is 2.47. The van der Waals surface area contributed by atoms with E-state index in [2.05, 4.69) is 10.0 Å². The molecule has 1 aromatic rings. The van der Waals surface area contributed by atoms with Gasteiger partial charge in [-0.3, -0.25) is 0 Å². The predicted octanol–water partition coefficient (Wildman–Crippen LogP) is 2.14. The Morgan fingerprint density at radius 1 is 1.14 bits per heavy atom. The van der Waals surface area contributed by atoms with E-state index in [1.165, 1.54) is 0 Å². The van der Waals surface area contributed by atoms with Crippen molar-refractivity contribution in [1.82, 2.24) is 10.0 Å². The van der Waals surface area contributed by atoms with Crippen molar-refractivity contribution in [1.29, 1.82) is 0 Å². The molecule has 0 atom stereocenters. The van der Waals surface area contributed by atoms with E-state index in [9.17, 15) is 8.42 Å². The predicted molar refractivity (Wildman–Crippen MR) is 85.2 cm³/mol. The van der Waals surface area contributed by atoms with Crippen LogP contribution in [-0.2, 0) is 10.0 Å². The van der Waals surface area contributed by atoms with Crippen molar-refractivity contribution in [2.24, 2.45) is 0 Å². The van der Waals surface area contributed by atoms with Crippen molar-refractivity contribution in [2.45, 2.75) is 44.0 Å². The quantitative estimate of drug-likeness (QED) is 0.649. The summed E-state index contributed by atoms with van der Waals surface area (Å²) in [4.78, 5) is 0.275. The third-order valence-corrected chi connectivity index (χ3v) is 4.82. The molecule has 0 aromatic heterocycles. The zero-order chi connectivity index (χ0) is 15.7. The van der Waals surface area contributed by atoms with Gasteiger partial charge in [0.15, 0.2) is 0 Å². The lowest BCUT2D eigenvalue weighted by atomic mass is 10.2. The highest BCUT2D eigenvalue weighted by atomic mass is 32.2. The fourth-order valence-corrected chi connectivity index (χ4v) is 3.30. The summed E-state index contributed by atoms with van der Waals surface area (Å²) >= 11 is 0. The molecule has 0 saturated carbocycles. The maximum Gasteiger partial charge on any atom is 0.240 e. The van der Waals surface area contributed by atoms with Crippen LogP contribution in [0, 0.1) is 0 Å². The minimum Gasteiger partial charge on any atom is -0.494 e. The molecule has 0 aliphatic heterocycles. The number of hydrogen-bond acceptors (Lipinski definition) is 4. The van der Waals surface area contributed by atoms with Gasteiger partial charge in [0.05, 0.1) is 11.5 Å². The van der Waals surface area contributed by atoms with Gasteiger partial charge in [0.2, 0.25) is 10.0 Å². The average molecular weight is 314 g/mol. The van der Waals surface area contributed by atoms with Crippen molar-refractivity contribution in [3.63, 3.8) is 0 Å². The number of hydrogen-bond donors (Lipinski definition) is 2. The first-order valence-electron chi connectivity index (χ1n) is 7.43. The molecule has 1 rings (SSSR count). The van der Waals surface area contributed by atoms with Gasteiger partial charge in [0.25, 0.3) is 0 Å². The highest BCUT2D eigenvalue weighted by Gasteiger charge is 2.17. The molecule has 1 aromatic carbocycles. The first-order valence-corrected chi connectivity index (χ1v) is 8.91. The summed E-state index contributed by atoms with van der Waals surface area (Å²) in [6.45, 7) is 5.45. The number of nitrogens with one attached hydrogen (secondary N) is 2. The minimum atomic E-state index is -3.45. The lowest BCUT2D eigenvalue weighted by molar-refractivity contribution is 0.309. The lowest BCUT2D eigenvalue weighted by Gasteiger charge is -2.15. The average Bonchev–Trinajstić information content (AvgIpc) is 2.49. The molecule has 0 fully saturated rings. The number of benzene rings is 1. The van der Waals surface area contributed by atoms with E-state index in [1.54, 1.807) is 24.3 Å².